The number of nitrogens with one attached hydrogen (secondary N) is 1. The minimum absolute atomic E-state index is 0.0965. The average Bonchev–Trinajstić information content (AvgIpc) is 2.51. The van der Waals surface area contributed by atoms with E-state index < -0.39 is 31.0 Å². The number of aldehydes is 1. The highest BCUT2D eigenvalue weighted by Gasteiger charge is 2.30. The zero-order valence-corrected chi connectivity index (χ0v) is 11.8. The molecule has 7 N–H and O–H groups in total. The number of rotatable bonds is 9. The molecule has 1 aromatic carbocycles. The second-order valence-corrected chi connectivity index (χ2v) is 4.87. The molecule has 0 unspecified atom stereocenters. The first-order chi connectivity index (χ1) is 10.4. The molecule has 0 saturated carbocycles. The first-order valence-corrected chi connectivity index (χ1v) is 6.76. The Morgan fingerprint density at radius 2 is 1.68 bits per heavy atom. The van der Waals surface area contributed by atoms with Crippen LogP contribution in [-0.4, -0.2) is 74.4 Å². The summed E-state index contributed by atoms with van der Waals surface area (Å²) in [5.41, 5.74) is 0.282. The van der Waals surface area contributed by atoms with E-state index in [1.807, 2.05) is 0 Å². The van der Waals surface area contributed by atoms with Gasteiger partial charge in [-0.1, -0.05) is 6.07 Å². The summed E-state index contributed by atoms with van der Waals surface area (Å²) in [5, 5.41) is 59.1. The van der Waals surface area contributed by atoms with Crippen LogP contribution in [0.5, 0.6) is 11.5 Å². The van der Waals surface area contributed by atoms with Gasteiger partial charge in [0, 0.05) is 12.1 Å². The molecule has 0 heterocycles. The molecule has 0 aliphatic carbocycles. The van der Waals surface area contributed by atoms with Crippen LogP contribution in [-0.2, 0) is 11.2 Å². The van der Waals surface area contributed by atoms with Gasteiger partial charge >= 0.3 is 0 Å². The molecule has 0 fully saturated rings. The molecule has 0 amide bonds. The lowest BCUT2D eigenvalue weighted by atomic mass is 10.0. The Kier molecular flexibility index (Phi) is 7.22. The van der Waals surface area contributed by atoms with Gasteiger partial charge in [0.2, 0.25) is 0 Å². The highest BCUT2D eigenvalue weighted by atomic mass is 16.4. The lowest BCUT2D eigenvalue weighted by Gasteiger charge is -2.26. The number of phenols is 2. The van der Waals surface area contributed by atoms with Gasteiger partial charge in [-0.05, 0) is 18.6 Å². The molecule has 0 radical (unpaired) electrons. The van der Waals surface area contributed by atoms with E-state index in [1.165, 1.54) is 18.2 Å². The average molecular weight is 315 g/mol. The molecule has 0 aliphatic heterocycles. The van der Waals surface area contributed by atoms with E-state index in [9.17, 15) is 30.3 Å². The number of hydrogen-bond acceptors (Lipinski definition) is 8. The summed E-state index contributed by atoms with van der Waals surface area (Å²) >= 11 is 0. The van der Waals surface area contributed by atoms with Crippen molar-refractivity contribution in [3.63, 3.8) is 0 Å². The predicted octanol–water partition coefficient (Wildman–Crippen LogP) is -2.13. The third-order valence-corrected chi connectivity index (χ3v) is 3.33. The Balaban J connectivity index is 2.59. The van der Waals surface area contributed by atoms with Gasteiger partial charge in [0.05, 0.1) is 12.6 Å². The van der Waals surface area contributed by atoms with E-state index in [0.29, 0.717) is 6.29 Å². The molecule has 8 heteroatoms. The first kappa shape index (κ1) is 18.3. The SMILES string of the molecule is O=C[C@@H](NCCc1c(O)cccc1O)[C@@H](O)[C@H](O)[C@H](O)CO. The van der Waals surface area contributed by atoms with Gasteiger partial charge in [0.1, 0.15) is 36.1 Å². The highest BCUT2D eigenvalue weighted by molar-refractivity contribution is 5.59. The number of carbonyl (C=O) groups is 1. The normalized spacial score (nSPS) is 16.7. The number of aromatic hydroxyl groups is 2. The van der Waals surface area contributed by atoms with Gasteiger partial charge in [-0.15, -0.1) is 0 Å². The van der Waals surface area contributed by atoms with Gasteiger partial charge < -0.3 is 40.8 Å². The number of benzene rings is 1. The molecule has 0 aliphatic rings. The van der Waals surface area contributed by atoms with Crippen molar-refractivity contribution in [2.45, 2.75) is 30.8 Å². The number of carbonyl (C=O) groups excluding carboxylic acids is 1. The van der Waals surface area contributed by atoms with Crippen LogP contribution in [0, 0.1) is 0 Å². The van der Waals surface area contributed by atoms with E-state index in [-0.39, 0.29) is 30.0 Å². The van der Waals surface area contributed by atoms with Crippen LogP contribution in [0.15, 0.2) is 18.2 Å². The van der Waals surface area contributed by atoms with Gasteiger partial charge in [0.15, 0.2) is 0 Å². The zero-order chi connectivity index (χ0) is 16.7. The molecule has 8 nitrogen and oxygen atoms in total. The summed E-state index contributed by atoms with van der Waals surface area (Å²) < 4.78 is 0. The van der Waals surface area contributed by atoms with Crippen molar-refractivity contribution >= 4 is 6.29 Å². The van der Waals surface area contributed by atoms with Crippen molar-refractivity contribution in [1.82, 2.24) is 5.32 Å². The molecule has 0 spiro atoms. The molecule has 1 rings (SSSR count). The highest BCUT2D eigenvalue weighted by Crippen LogP contribution is 2.26. The Morgan fingerprint density at radius 3 is 2.18 bits per heavy atom. The summed E-state index contributed by atoms with van der Waals surface area (Å²) in [7, 11) is 0. The van der Waals surface area contributed by atoms with Crippen molar-refractivity contribution in [2.24, 2.45) is 0 Å². The Labute approximate surface area is 127 Å². The van der Waals surface area contributed by atoms with Crippen LogP contribution in [0.2, 0.25) is 0 Å². The minimum Gasteiger partial charge on any atom is -0.508 e. The van der Waals surface area contributed by atoms with E-state index in [4.69, 9.17) is 5.11 Å². The maximum atomic E-state index is 11.0. The summed E-state index contributed by atoms with van der Waals surface area (Å²) in [5.74, 6) is -0.193. The second kappa shape index (κ2) is 8.66. The van der Waals surface area contributed by atoms with Crippen LogP contribution in [0.25, 0.3) is 0 Å². The molecule has 0 bridgehead atoms. The van der Waals surface area contributed by atoms with Crippen LogP contribution < -0.4 is 5.32 Å². The van der Waals surface area contributed by atoms with Crippen molar-refractivity contribution in [3.8, 4) is 11.5 Å². The molecular formula is C14H21NO7. The fourth-order valence-electron chi connectivity index (χ4n) is 1.98. The van der Waals surface area contributed by atoms with Crippen LogP contribution in [0.4, 0.5) is 0 Å². The van der Waals surface area contributed by atoms with Gasteiger partial charge in [-0.25, -0.2) is 0 Å². The number of hydrogen-bond donors (Lipinski definition) is 7. The maximum absolute atomic E-state index is 11.0. The molecule has 22 heavy (non-hydrogen) atoms. The Morgan fingerprint density at radius 1 is 1.09 bits per heavy atom. The van der Waals surface area contributed by atoms with Crippen molar-refractivity contribution < 1.29 is 35.4 Å². The number of aliphatic hydroxyl groups excluding tert-OH is 4. The summed E-state index contributed by atoms with van der Waals surface area (Å²) in [6.45, 7) is -0.636. The largest absolute Gasteiger partial charge is 0.508 e. The molecule has 0 aromatic heterocycles. The van der Waals surface area contributed by atoms with Crippen molar-refractivity contribution in [3.05, 3.63) is 23.8 Å². The van der Waals surface area contributed by atoms with Gasteiger partial charge in [-0.3, -0.25) is 0 Å². The van der Waals surface area contributed by atoms with E-state index in [2.05, 4.69) is 5.32 Å². The second-order valence-electron chi connectivity index (χ2n) is 4.87. The van der Waals surface area contributed by atoms with Gasteiger partial charge in [-0.2, -0.15) is 0 Å². The molecule has 1 aromatic rings. The number of phenolic OH excluding ortho intramolecular Hbond substituents is 2. The minimum atomic E-state index is -1.69. The van der Waals surface area contributed by atoms with Crippen molar-refractivity contribution in [2.75, 3.05) is 13.2 Å². The Hall–Kier alpha value is -1.71. The fraction of sp³-hybridized carbons (Fsp3) is 0.500. The summed E-state index contributed by atoms with van der Waals surface area (Å²) in [4.78, 5) is 11.0. The monoisotopic (exact) mass is 315 g/mol. The molecule has 4 atom stereocenters. The molecule has 124 valence electrons. The van der Waals surface area contributed by atoms with E-state index in [1.54, 1.807) is 0 Å². The zero-order valence-electron chi connectivity index (χ0n) is 11.8. The van der Waals surface area contributed by atoms with Crippen LogP contribution in [0.3, 0.4) is 0 Å². The van der Waals surface area contributed by atoms with Crippen LogP contribution >= 0.6 is 0 Å². The third-order valence-electron chi connectivity index (χ3n) is 3.33. The summed E-state index contributed by atoms with van der Waals surface area (Å²) in [6, 6.07) is 3.11. The van der Waals surface area contributed by atoms with E-state index >= 15 is 0 Å². The topological polar surface area (TPSA) is 150 Å². The van der Waals surface area contributed by atoms with Crippen LogP contribution in [0.1, 0.15) is 5.56 Å². The van der Waals surface area contributed by atoms with Crippen molar-refractivity contribution in [1.29, 1.82) is 0 Å². The fourth-order valence-corrected chi connectivity index (χ4v) is 1.98. The maximum Gasteiger partial charge on any atom is 0.139 e. The first-order valence-electron chi connectivity index (χ1n) is 6.76. The molecular weight excluding hydrogens is 294 g/mol. The third kappa shape index (κ3) is 4.65. The Bertz CT molecular complexity index is 462. The predicted molar refractivity (Wildman–Crippen MR) is 76.4 cm³/mol. The standard InChI is InChI=1S/C14H21NO7/c16-6-9(13(21)14(22)12(20)7-17)15-5-4-8-10(18)2-1-3-11(8)19/h1-3,6,9,12-15,17-22H,4-5,7H2/t9-,12-,13-,14-/m1/s1. The smallest absolute Gasteiger partial charge is 0.139 e. The molecule has 0 saturated heterocycles. The number of aliphatic hydroxyl groups is 4. The van der Waals surface area contributed by atoms with E-state index in [0.717, 1.165) is 0 Å². The lowest BCUT2D eigenvalue weighted by molar-refractivity contribution is -0.120. The van der Waals surface area contributed by atoms with Gasteiger partial charge in [0.25, 0.3) is 0 Å². The summed E-state index contributed by atoms with van der Waals surface area (Å²) in [6.07, 6.45) is -4.33. The lowest BCUT2D eigenvalue weighted by Crippen LogP contribution is -2.52. The quantitative estimate of drug-likeness (QED) is 0.255.